The Bertz CT molecular complexity index is 649. The van der Waals surface area contributed by atoms with Crippen LogP contribution in [0.25, 0.3) is 0 Å². The Labute approximate surface area is 141 Å². The summed E-state index contributed by atoms with van der Waals surface area (Å²) in [6.07, 6.45) is 6.14. The van der Waals surface area contributed by atoms with Crippen molar-refractivity contribution in [3.63, 3.8) is 0 Å². The molecule has 0 spiro atoms. The molecule has 118 valence electrons. The van der Waals surface area contributed by atoms with E-state index in [9.17, 15) is 4.79 Å². The van der Waals surface area contributed by atoms with E-state index in [4.69, 9.17) is 4.42 Å². The molecule has 0 saturated heterocycles. The summed E-state index contributed by atoms with van der Waals surface area (Å²) in [6, 6.07) is 4.03. The standard InChI is InChI=1S/C15H18BrN3O2S/c1-10-6-7-12(21-10)9-19(11-4-2-3-5-11)15(20)18-14-17-8-13(16)22-14/h6-8,11H,2-5,9H2,1H3,(H,17,18,20). The molecule has 7 heteroatoms. The Balaban J connectivity index is 1.73. The Morgan fingerprint density at radius 3 is 2.86 bits per heavy atom. The number of urea groups is 1. The molecule has 0 radical (unpaired) electrons. The smallest absolute Gasteiger partial charge is 0.324 e. The molecule has 2 amide bonds. The lowest BCUT2D eigenvalue weighted by atomic mass is 10.2. The molecule has 1 fully saturated rings. The third kappa shape index (κ3) is 3.70. The van der Waals surface area contributed by atoms with Gasteiger partial charge in [-0.05, 0) is 47.8 Å². The number of rotatable bonds is 4. The van der Waals surface area contributed by atoms with Crippen LogP contribution < -0.4 is 5.32 Å². The first-order valence-corrected chi connectivity index (χ1v) is 8.97. The molecule has 0 atom stereocenters. The van der Waals surface area contributed by atoms with Crippen LogP contribution in [0.15, 0.2) is 26.5 Å². The molecule has 2 aromatic heterocycles. The van der Waals surface area contributed by atoms with Gasteiger partial charge in [0.2, 0.25) is 0 Å². The van der Waals surface area contributed by atoms with Gasteiger partial charge < -0.3 is 9.32 Å². The number of nitrogens with zero attached hydrogens (tertiary/aromatic N) is 2. The molecule has 1 aliphatic rings. The Hall–Kier alpha value is -1.34. The monoisotopic (exact) mass is 383 g/mol. The second kappa shape index (κ2) is 6.83. The molecule has 1 aliphatic carbocycles. The molecule has 2 heterocycles. The van der Waals surface area contributed by atoms with E-state index in [0.29, 0.717) is 11.7 Å². The van der Waals surface area contributed by atoms with Crippen molar-refractivity contribution in [1.82, 2.24) is 9.88 Å². The van der Waals surface area contributed by atoms with E-state index < -0.39 is 0 Å². The van der Waals surface area contributed by atoms with Crippen LogP contribution >= 0.6 is 27.3 Å². The lowest BCUT2D eigenvalue weighted by Crippen LogP contribution is -2.41. The summed E-state index contributed by atoms with van der Waals surface area (Å²) in [4.78, 5) is 18.7. The molecule has 0 unspecified atom stereocenters. The Morgan fingerprint density at radius 1 is 1.50 bits per heavy atom. The van der Waals surface area contributed by atoms with Crippen molar-refractivity contribution in [2.75, 3.05) is 5.32 Å². The van der Waals surface area contributed by atoms with E-state index >= 15 is 0 Å². The third-order valence-electron chi connectivity index (χ3n) is 3.84. The number of thiazole rings is 1. The number of hydrogen-bond acceptors (Lipinski definition) is 4. The summed E-state index contributed by atoms with van der Waals surface area (Å²) < 4.78 is 6.54. The lowest BCUT2D eigenvalue weighted by molar-refractivity contribution is 0.178. The zero-order valence-electron chi connectivity index (χ0n) is 12.3. The van der Waals surface area contributed by atoms with E-state index in [1.54, 1.807) is 6.20 Å². The van der Waals surface area contributed by atoms with Gasteiger partial charge in [0.15, 0.2) is 5.13 Å². The number of anilines is 1. The van der Waals surface area contributed by atoms with Gasteiger partial charge in [-0.2, -0.15) is 0 Å². The number of halogens is 1. The van der Waals surface area contributed by atoms with Crippen molar-refractivity contribution in [2.24, 2.45) is 0 Å². The highest BCUT2D eigenvalue weighted by Crippen LogP contribution is 2.28. The molecule has 0 bridgehead atoms. The number of amides is 2. The van der Waals surface area contributed by atoms with Crippen LogP contribution in [-0.4, -0.2) is 22.0 Å². The number of aromatic nitrogens is 1. The van der Waals surface area contributed by atoms with Gasteiger partial charge in [0, 0.05) is 6.04 Å². The van der Waals surface area contributed by atoms with Crippen molar-refractivity contribution in [1.29, 1.82) is 0 Å². The first-order valence-electron chi connectivity index (χ1n) is 7.36. The number of nitrogens with one attached hydrogen (secondary N) is 1. The Kier molecular flexibility index (Phi) is 4.83. The summed E-state index contributed by atoms with van der Waals surface area (Å²) in [7, 11) is 0. The second-order valence-electron chi connectivity index (χ2n) is 5.48. The van der Waals surface area contributed by atoms with Crippen LogP contribution in [0.5, 0.6) is 0 Å². The molecular formula is C15H18BrN3O2S. The fourth-order valence-corrected chi connectivity index (χ4v) is 3.89. The molecule has 1 saturated carbocycles. The fourth-order valence-electron chi connectivity index (χ4n) is 2.80. The minimum absolute atomic E-state index is 0.109. The molecule has 22 heavy (non-hydrogen) atoms. The van der Waals surface area contributed by atoms with Gasteiger partial charge in [-0.3, -0.25) is 5.32 Å². The van der Waals surface area contributed by atoms with Gasteiger partial charge in [-0.25, -0.2) is 9.78 Å². The van der Waals surface area contributed by atoms with Crippen LogP contribution in [0.4, 0.5) is 9.93 Å². The normalized spacial score (nSPS) is 15.2. The summed E-state index contributed by atoms with van der Waals surface area (Å²) in [5, 5.41) is 3.50. The van der Waals surface area contributed by atoms with E-state index in [2.05, 4.69) is 26.2 Å². The third-order valence-corrected chi connectivity index (χ3v) is 5.23. The molecular weight excluding hydrogens is 366 g/mol. The second-order valence-corrected chi connectivity index (χ2v) is 7.89. The van der Waals surface area contributed by atoms with E-state index in [1.807, 2.05) is 24.0 Å². The molecule has 2 aromatic rings. The summed E-state index contributed by atoms with van der Waals surface area (Å²) in [5.74, 6) is 1.69. The topological polar surface area (TPSA) is 58.4 Å². The van der Waals surface area contributed by atoms with E-state index in [1.165, 1.54) is 24.2 Å². The predicted octanol–water partition coefficient (Wildman–Crippen LogP) is 4.78. The van der Waals surface area contributed by atoms with Gasteiger partial charge in [0.25, 0.3) is 0 Å². The zero-order chi connectivity index (χ0) is 15.5. The average Bonchev–Trinajstić information content (AvgIpc) is 3.19. The highest BCUT2D eigenvalue weighted by atomic mass is 79.9. The lowest BCUT2D eigenvalue weighted by Gasteiger charge is -2.27. The summed E-state index contributed by atoms with van der Waals surface area (Å²) >= 11 is 4.77. The number of aryl methyl sites for hydroxylation is 1. The zero-order valence-corrected chi connectivity index (χ0v) is 14.7. The molecule has 0 aromatic carbocycles. The number of hydrogen-bond donors (Lipinski definition) is 1. The fraction of sp³-hybridized carbons (Fsp3) is 0.467. The first kappa shape index (κ1) is 15.6. The predicted molar refractivity (Wildman–Crippen MR) is 90.1 cm³/mol. The first-order chi connectivity index (χ1) is 10.6. The van der Waals surface area contributed by atoms with E-state index in [-0.39, 0.29) is 12.1 Å². The number of carbonyl (C=O) groups is 1. The van der Waals surface area contributed by atoms with Gasteiger partial charge in [0.1, 0.15) is 11.5 Å². The quantitative estimate of drug-likeness (QED) is 0.825. The average molecular weight is 384 g/mol. The van der Waals surface area contributed by atoms with Crippen LogP contribution in [0.3, 0.4) is 0 Å². The minimum Gasteiger partial charge on any atom is -0.464 e. The maximum Gasteiger partial charge on any atom is 0.324 e. The summed E-state index contributed by atoms with van der Waals surface area (Å²) in [6.45, 7) is 2.41. The Morgan fingerprint density at radius 2 is 2.27 bits per heavy atom. The van der Waals surface area contributed by atoms with Gasteiger partial charge in [-0.1, -0.05) is 24.2 Å². The molecule has 0 aliphatic heterocycles. The highest BCUT2D eigenvalue weighted by molar-refractivity contribution is 9.11. The van der Waals surface area contributed by atoms with Gasteiger partial charge in [0.05, 0.1) is 16.5 Å². The van der Waals surface area contributed by atoms with Crippen molar-refractivity contribution in [3.05, 3.63) is 33.6 Å². The van der Waals surface area contributed by atoms with Crippen LogP contribution in [-0.2, 0) is 6.54 Å². The van der Waals surface area contributed by atoms with Gasteiger partial charge >= 0.3 is 6.03 Å². The maximum atomic E-state index is 12.6. The van der Waals surface area contributed by atoms with Crippen molar-refractivity contribution >= 4 is 38.4 Å². The highest BCUT2D eigenvalue weighted by Gasteiger charge is 2.28. The number of furan rings is 1. The van der Waals surface area contributed by atoms with Crippen LogP contribution in [0.2, 0.25) is 0 Å². The van der Waals surface area contributed by atoms with Crippen LogP contribution in [0.1, 0.15) is 37.2 Å². The number of carbonyl (C=O) groups excluding carboxylic acids is 1. The largest absolute Gasteiger partial charge is 0.464 e. The molecule has 3 rings (SSSR count). The van der Waals surface area contributed by atoms with Crippen molar-refractivity contribution < 1.29 is 9.21 Å². The van der Waals surface area contributed by atoms with Gasteiger partial charge in [-0.15, -0.1) is 0 Å². The van der Waals surface area contributed by atoms with Crippen molar-refractivity contribution in [2.45, 2.75) is 45.2 Å². The molecule has 1 N–H and O–H groups in total. The molecule has 5 nitrogen and oxygen atoms in total. The van der Waals surface area contributed by atoms with E-state index in [0.717, 1.165) is 28.1 Å². The summed E-state index contributed by atoms with van der Waals surface area (Å²) in [5.41, 5.74) is 0. The van der Waals surface area contributed by atoms with Crippen LogP contribution in [0, 0.1) is 6.92 Å². The maximum absolute atomic E-state index is 12.6. The van der Waals surface area contributed by atoms with Crippen molar-refractivity contribution in [3.8, 4) is 0 Å². The minimum atomic E-state index is -0.109. The SMILES string of the molecule is Cc1ccc(CN(C(=O)Nc2ncc(Br)s2)C2CCCC2)o1.